The quantitative estimate of drug-likeness (QED) is 0.221. The van der Waals surface area contributed by atoms with Crippen molar-refractivity contribution in [3.63, 3.8) is 0 Å². The summed E-state index contributed by atoms with van der Waals surface area (Å²) in [6.07, 6.45) is 6.22. The number of piperidine rings is 1. The van der Waals surface area contributed by atoms with Crippen molar-refractivity contribution < 1.29 is 29.4 Å². The second-order valence-electron chi connectivity index (χ2n) is 11.8. The minimum absolute atomic E-state index is 0.0858. The predicted octanol–water partition coefficient (Wildman–Crippen LogP) is 2.99. The van der Waals surface area contributed by atoms with Crippen LogP contribution >= 0.6 is 0 Å². The Hall–Kier alpha value is -4.33. The molecular formula is C35H32N2O5. The number of aromatic carboxylic acids is 1. The predicted molar refractivity (Wildman–Crippen MR) is 155 cm³/mol. The number of quaternary nitrogens is 1. The summed E-state index contributed by atoms with van der Waals surface area (Å²) in [5.41, 5.74) is 4.20. The fraction of sp³-hybridized carbons (Fsp3) is 0.286. The van der Waals surface area contributed by atoms with Crippen molar-refractivity contribution in [2.24, 2.45) is 11.8 Å². The Morgan fingerprint density at radius 1 is 1.12 bits per heavy atom. The van der Waals surface area contributed by atoms with Gasteiger partial charge in [0.25, 0.3) is 0 Å². The highest BCUT2D eigenvalue weighted by Crippen LogP contribution is 2.61. The van der Waals surface area contributed by atoms with E-state index >= 15 is 0 Å². The van der Waals surface area contributed by atoms with E-state index in [2.05, 4.69) is 23.7 Å². The molecule has 1 aliphatic carbocycles. The topological polar surface area (TPSA) is 104 Å². The van der Waals surface area contributed by atoms with E-state index in [-0.39, 0.29) is 23.9 Å². The summed E-state index contributed by atoms with van der Waals surface area (Å²) in [6, 6.07) is 24.3. The monoisotopic (exact) mass is 560 g/mol. The fourth-order valence-corrected chi connectivity index (χ4v) is 8.02. The van der Waals surface area contributed by atoms with E-state index in [9.17, 15) is 19.8 Å². The SMILES string of the molecule is C=CC1C2CC[NH+]3[C@H]([C@H](O)c4ccnc5ccccc45)C[C@]123.O=C1C[C@H](c2ccccc2)c2cc(C(=O)[O-])ccc2O1. The average Bonchev–Trinajstić information content (AvgIpc) is 3.59. The molecule has 4 aliphatic rings. The molecule has 1 spiro atoms. The molecule has 2 N–H and O–H groups in total. The lowest BCUT2D eigenvalue weighted by atomic mass is 9.82. The standard InChI is InChI=1S/C19H20N2O.C16H12O4/c1-2-14-15-8-10-21-17(11-19(14,15)21)18(22)13-7-9-20-16-6-4-3-5-12(13)16;17-15-9-12(10-4-2-1-3-5-10)13-8-11(16(18)19)6-7-14(13)20-15/h2-7,9,14-15,17-18,22H,1,8,10-11H2;1-8,12H,9H2,(H,18,19)/t14?,15?,17-,18+,19-;12-/m01/s1. The number of nitrogens with one attached hydrogen (secondary N) is 1. The summed E-state index contributed by atoms with van der Waals surface area (Å²) in [7, 11) is 0. The highest BCUT2D eigenvalue weighted by molar-refractivity contribution is 5.87. The third kappa shape index (κ3) is 4.15. The molecule has 3 aliphatic heterocycles. The molecule has 3 fully saturated rings. The van der Waals surface area contributed by atoms with Gasteiger partial charge in [-0.1, -0.05) is 54.6 Å². The summed E-state index contributed by atoms with van der Waals surface area (Å²) < 4.78 is 5.17. The lowest BCUT2D eigenvalue weighted by Gasteiger charge is -2.46. The highest BCUT2D eigenvalue weighted by Gasteiger charge is 2.81. The first-order valence-corrected chi connectivity index (χ1v) is 14.5. The molecule has 42 heavy (non-hydrogen) atoms. The van der Waals surface area contributed by atoms with Gasteiger partial charge in [-0.3, -0.25) is 9.78 Å². The second kappa shape index (κ2) is 10.2. The number of aliphatic hydroxyl groups excluding tert-OH is 1. The zero-order valence-electron chi connectivity index (χ0n) is 23.1. The number of para-hydroxylation sites is 1. The zero-order valence-corrected chi connectivity index (χ0v) is 23.1. The van der Waals surface area contributed by atoms with Crippen LogP contribution in [0.1, 0.15) is 58.3 Å². The molecule has 2 saturated heterocycles. The van der Waals surface area contributed by atoms with E-state index in [0.29, 0.717) is 28.8 Å². The van der Waals surface area contributed by atoms with Crippen molar-refractivity contribution in [3.8, 4) is 5.75 Å². The number of ether oxygens (including phenoxy) is 1. The fourth-order valence-electron chi connectivity index (χ4n) is 8.02. The van der Waals surface area contributed by atoms with Crippen LogP contribution in [0.3, 0.4) is 0 Å². The molecule has 212 valence electrons. The van der Waals surface area contributed by atoms with Crippen LogP contribution in [0.25, 0.3) is 10.9 Å². The molecule has 1 saturated carbocycles. The molecular weight excluding hydrogens is 528 g/mol. The third-order valence-corrected chi connectivity index (χ3v) is 9.96. The van der Waals surface area contributed by atoms with E-state index in [1.54, 1.807) is 4.90 Å². The van der Waals surface area contributed by atoms with Gasteiger partial charge in [0.05, 0.1) is 30.9 Å². The van der Waals surface area contributed by atoms with E-state index < -0.39 is 12.1 Å². The van der Waals surface area contributed by atoms with Gasteiger partial charge in [0, 0.05) is 41.3 Å². The van der Waals surface area contributed by atoms with Crippen LogP contribution in [0.4, 0.5) is 0 Å². The first-order chi connectivity index (χ1) is 20.4. The number of aromatic nitrogens is 1. The average molecular weight is 561 g/mol. The van der Waals surface area contributed by atoms with Crippen LogP contribution in [-0.4, -0.2) is 40.2 Å². The summed E-state index contributed by atoms with van der Waals surface area (Å²) in [5, 5.41) is 23.1. The maximum Gasteiger partial charge on any atom is 0.312 e. The third-order valence-electron chi connectivity index (χ3n) is 9.96. The van der Waals surface area contributed by atoms with Crippen molar-refractivity contribution in [3.05, 3.63) is 120 Å². The number of nitrogens with zero attached hydrogens (tertiary/aromatic N) is 1. The van der Waals surface area contributed by atoms with Crippen LogP contribution < -0.4 is 14.7 Å². The lowest BCUT2D eigenvalue weighted by Crippen LogP contribution is -3.27. The number of aliphatic hydroxyl groups is 1. The van der Waals surface area contributed by atoms with E-state index in [1.165, 1.54) is 31.2 Å². The van der Waals surface area contributed by atoms with E-state index in [0.717, 1.165) is 34.4 Å². The first kappa shape index (κ1) is 26.6. The number of carbonyl (C=O) groups is 2. The maximum atomic E-state index is 11.7. The maximum absolute atomic E-state index is 11.7. The molecule has 3 aromatic carbocycles. The Balaban J connectivity index is 0.000000138. The molecule has 1 aromatic heterocycles. The van der Waals surface area contributed by atoms with Crippen LogP contribution in [-0.2, 0) is 4.79 Å². The van der Waals surface area contributed by atoms with Gasteiger partial charge in [-0.25, -0.2) is 0 Å². The number of fused-ring (bicyclic) bond motifs is 2. The number of benzene rings is 3. The lowest BCUT2D eigenvalue weighted by molar-refractivity contribution is -1.00. The van der Waals surface area contributed by atoms with Crippen LogP contribution in [0.5, 0.6) is 5.75 Å². The number of esters is 1. The van der Waals surface area contributed by atoms with Gasteiger partial charge >= 0.3 is 5.97 Å². The molecule has 4 heterocycles. The second-order valence-corrected chi connectivity index (χ2v) is 11.8. The Kier molecular flexibility index (Phi) is 6.44. The van der Waals surface area contributed by atoms with E-state index in [1.807, 2.05) is 60.8 Å². The molecule has 0 bridgehead atoms. The number of pyridine rings is 1. The molecule has 8 rings (SSSR count). The molecule has 7 nitrogen and oxygen atoms in total. The molecule has 3 unspecified atom stereocenters. The highest BCUT2D eigenvalue weighted by atomic mass is 16.5. The number of carboxylic acids is 1. The van der Waals surface area contributed by atoms with Gasteiger partial charge in [-0.2, -0.15) is 0 Å². The zero-order chi connectivity index (χ0) is 29.0. The van der Waals surface area contributed by atoms with Gasteiger partial charge in [-0.05, 0) is 47.0 Å². The Morgan fingerprint density at radius 2 is 1.90 bits per heavy atom. The van der Waals surface area contributed by atoms with Crippen LogP contribution in [0, 0.1) is 11.8 Å². The molecule has 4 aromatic rings. The minimum Gasteiger partial charge on any atom is -0.545 e. The molecule has 0 amide bonds. The summed E-state index contributed by atoms with van der Waals surface area (Å²) in [5.74, 6) is 0.197. The van der Waals surface area contributed by atoms with Crippen molar-refractivity contribution in [2.75, 3.05) is 6.54 Å². The summed E-state index contributed by atoms with van der Waals surface area (Å²) in [4.78, 5) is 28.7. The van der Waals surface area contributed by atoms with Gasteiger partial charge in [0.15, 0.2) is 0 Å². The summed E-state index contributed by atoms with van der Waals surface area (Å²) >= 11 is 0. The van der Waals surface area contributed by atoms with Gasteiger partial charge < -0.3 is 24.6 Å². The van der Waals surface area contributed by atoms with Crippen LogP contribution in [0.15, 0.2) is 97.7 Å². The van der Waals surface area contributed by atoms with Crippen molar-refractivity contribution in [1.82, 2.24) is 4.98 Å². The van der Waals surface area contributed by atoms with Crippen LogP contribution in [0.2, 0.25) is 0 Å². The van der Waals surface area contributed by atoms with E-state index in [4.69, 9.17) is 4.74 Å². The van der Waals surface area contributed by atoms with Crippen molar-refractivity contribution in [2.45, 2.75) is 42.9 Å². The smallest absolute Gasteiger partial charge is 0.312 e. The number of carboxylic acid groups (broad SMARTS) is 1. The van der Waals surface area contributed by atoms with Crippen molar-refractivity contribution >= 4 is 22.8 Å². The van der Waals surface area contributed by atoms with Crippen molar-refractivity contribution in [1.29, 1.82) is 0 Å². The number of hydrogen-bond acceptors (Lipinski definition) is 6. The first-order valence-electron chi connectivity index (χ1n) is 14.5. The van der Waals surface area contributed by atoms with Gasteiger partial charge in [0.1, 0.15) is 23.4 Å². The molecule has 0 radical (unpaired) electrons. The number of carbonyl (C=O) groups excluding carboxylic acids is 2. The Bertz CT molecular complexity index is 1700. The Labute approximate surface area is 244 Å². The Morgan fingerprint density at radius 3 is 2.67 bits per heavy atom. The molecule has 7 atom stereocenters. The molecule has 7 heteroatoms. The summed E-state index contributed by atoms with van der Waals surface area (Å²) in [6.45, 7) is 5.21. The van der Waals surface area contributed by atoms with Gasteiger partial charge in [0.2, 0.25) is 0 Å². The normalized spacial score (nSPS) is 29.0. The van der Waals surface area contributed by atoms with Gasteiger partial charge in [-0.15, -0.1) is 6.58 Å². The minimum atomic E-state index is -1.24. The number of hydrogen-bond donors (Lipinski definition) is 2. The largest absolute Gasteiger partial charge is 0.545 e. The number of rotatable bonds is 5.